The Hall–Kier alpha value is -4.16. The van der Waals surface area contributed by atoms with Gasteiger partial charge in [-0.2, -0.15) is 5.26 Å². The molecular formula is C24H21N5O3S. The number of rotatable bonds is 6. The van der Waals surface area contributed by atoms with E-state index in [-0.39, 0.29) is 16.5 Å². The van der Waals surface area contributed by atoms with Gasteiger partial charge >= 0.3 is 0 Å². The van der Waals surface area contributed by atoms with Gasteiger partial charge in [0, 0.05) is 11.8 Å². The summed E-state index contributed by atoms with van der Waals surface area (Å²) in [6.45, 7) is 3.91. The smallest absolute Gasteiger partial charge is 0.263 e. The SMILES string of the molecule is COc1cc(C)c(C)c(Nc2nc3ccccc3nc2NS(=O)(=O)c2ccc(C#N)cc2)c1. The molecule has 2 N–H and O–H groups in total. The van der Waals surface area contributed by atoms with Crippen molar-refractivity contribution in [2.45, 2.75) is 18.7 Å². The minimum absolute atomic E-state index is 0.0100. The molecule has 0 aliphatic heterocycles. The normalized spacial score (nSPS) is 11.1. The van der Waals surface area contributed by atoms with E-state index < -0.39 is 10.0 Å². The lowest BCUT2D eigenvalue weighted by Gasteiger charge is -2.17. The van der Waals surface area contributed by atoms with Gasteiger partial charge in [0.2, 0.25) is 0 Å². The van der Waals surface area contributed by atoms with Crippen molar-refractivity contribution in [3.8, 4) is 11.8 Å². The number of hydrogen-bond acceptors (Lipinski definition) is 7. The molecule has 1 heterocycles. The summed E-state index contributed by atoms with van der Waals surface area (Å²) in [7, 11) is -2.40. The molecule has 0 aliphatic carbocycles. The number of anilines is 3. The van der Waals surface area contributed by atoms with Crippen LogP contribution in [0.25, 0.3) is 11.0 Å². The van der Waals surface area contributed by atoms with Crippen LogP contribution in [0.3, 0.4) is 0 Å². The first kappa shape index (κ1) is 22.0. The first-order chi connectivity index (χ1) is 15.8. The number of benzene rings is 3. The Bertz CT molecular complexity index is 1490. The summed E-state index contributed by atoms with van der Waals surface area (Å²) in [5.74, 6) is 0.966. The van der Waals surface area contributed by atoms with Gasteiger partial charge in [-0.15, -0.1) is 0 Å². The van der Waals surface area contributed by atoms with E-state index in [1.807, 2.05) is 38.1 Å². The number of ether oxygens (including phenoxy) is 1. The molecule has 0 spiro atoms. The molecule has 9 heteroatoms. The van der Waals surface area contributed by atoms with Crippen LogP contribution in [0, 0.1) is 25.2 Å². The summed E-state index contributed by atoms with van der Waals surface area (Å²) >= 11 is 0. The average molecular weight is 460 g/mol. The lowest BCUT2D eigenvalue weighted by atomic mass is 10.1. The second-order valence-electron chi connectivity index (χ2n) is 7.39. The predicted octanol–water partition coefficient (Wildman–Crippen LogP) is 4.67. The van der Waals surface area contributed by atoms with Crippen molar-refractivity contribution in [2.24, 2.45) is 0 Å². The van der Waals surface area contributed by atoms with Crippen molar-refractivity contribution in [1.29, 1.82) is 5.26 Å². The topological polar surface area (TPSA) is 117 Å². The van der Waals surface area contributed by atoms with Crippen molar-refractivity contribution in [2.75, 3.05) is 17.1 Å². The molecule has 0 amide bonds. The van der Waals surface area contributed by atoms with E-state index in [9.17, 15) is 8.42 Å². The summed E-state index contributed by atoms with van der Waals surface area (Å²) < 4.78 is 34.0. The number of aromatic nitrogens is 2. The van der Waals surface area contributed by atoms with E-state index in [0.717, 1.165) is 16.8 Å². The molecule has 1 aromatic heterocycles. The van der Waals surface area contributed by atoms with Crippen molar-refractivity contribution in [3.05, 3.63) is 77.4 Å². The maximum atomic E-state index is 13.1. The highest BCUT2D eigenvalue weighted by Gasteiger charge is 2.20. The lowest BCUT2D eigenvalue weighted by molar-refractivity contribution is 0.414. The van der Waals surface area contributed by atoms with E-state index >= 15 is 0 Å². The molecule has 0 fully saturated rings. The zero-order valence-electron chi connectivity index (χ0n) is 18.2. The van der Waals surface area contributed by atoms with Crippen LogP contribution in [0.4, 0.5) is 17.3 Å². The standard InChI is InChI=1S/C24H21N5O3S/c1-15-12-18(32-3)13-22(16(15)2)28-23-24(27-21-7-5-4-6-20(21)26-23)29-33(30,31)19-10-8-17(14-25)9-11-19/h4-13H,1-3H3,(H,26,28)(H,27,29). The predicted molar refractivity (Wildman–Crippen MR) is 127 cm³/mol. The number of nitrogens with zero attached hydrogens (tertiary/aromatic N) is 3. The fraction of sp³-hybridized carbons (Fsp3) is 0.125. The molecule has 0 saturated heterocycles. The van der Waals surface area contributed by atoms with Gasteiger partial charge in [0.15, 0.2) is 11.6 Å². The number of nitriles is 1. The number of hydrogen-bond donors (Lipinski definition) is 2. The number of fused-ring (bicyclic) bond motifs is 1. The second-order valence-corrected chi connectivity index (χ2v) is 9.08. The number of nitrogens with one attached hydrogen (secondary N) is 2. The average Bonchev–Trinajstić information content (AvgIpc) is 2.82. The molecular weight excluding hydrogens is 438 g/mol. The second kappa shape index (κ2) is 8.76. The van der Waals surface area contributed by atoms with Crippen LogP contribution < -0.4 is 14.8 Å². The zero-order valence-corrected chi connectivity index (χ0v) is 19.1. The molecule has 0 radical (unpaired) electrons. The number of aryl methyl sites for hydroxylation is 1. The first-order valence-corrected chi connectivity index (χ1v) is 11.5. The molecule has 4 aromatic rings. The minimum atomic E-state index is -3.98. The zero-order chi connectivity index (χ0) is 23.6. The maximum Gasteiger partial charge on any atom is 0.263 e. The van der Waals surface area contributed by atoms with Gasteiger partial charge < -0.3 is 10.1 Å². The van der Waals surface area contributed by atoms with Crippen LogP contribution in [-0.2, 0) is 10.0 Å². The van der Waals surface area contributed by atoms with Crippen LogP contribution in [0.15, 0.2) is 65.6 Å². The third-order valence-corrected chi connectivity index (χ3v) is 6.58. The van der Waals surface area contributed by atoms with E-state index in [4.69, 9.17) is 10.00 Å². The molecule has 0 saturated carbocycles. The Labute approximate surface area is 191 Å². The Morgan fingerprint density at radius 1 is 0.939 bits per heavy atom. The molecule has 4 rings (SSSR count). The molecule has 0 aliphatic rings. The van der Waals surface area contributed by atoms with Gasteiger partial charge in [-0.1, -0.05) is 12.1 Å². The third-order valence-electron chi connectivity index (χ3n) is 5.22. The van der Waals surface area contributed by atoms with E-state index in [1.54, 1.807) is 25.3 Å². The van der Waals surface area contributed by atoms with Crippen LogP contribution >= 0.6 is 0 Å². The fourth-order valence-electron chi connectivity index (χ4n) is 3.25. The summed E-state index contributed by atoms with van der Waals surface area (Å²) in [6.07, 6.45) is 0. The summed E-state index contributed by atoms with van der Waals surface area (Å²) in [6, 6.07) is 18.5. The van der Waals surface area contributed by atoms with Gasteiger partial charge in [-0.05, 0) is 67.4 Å². The molecule has 8 nitrogen and oxygen atoms in total. The highest BCUT2D eigenvalue weighted by atomic mass is 32.2. The van der Waals surface area contributed by atoms with Crippen LogP contribution in [0.5, 0.6) is 5.75 Å². The Kier molecular flexibility index (Phi) is 5.85. The monoisotopic (exact) mass is 459 g/mol. The Morgan fingerprint density at radius 3 is 2.18 bits per heavy atom. The number of sulfonamides is 1. The summed E-state index contributed by atoms with van der Waals surface area (Å²) in [4.78, 5) is 9.14. The Balaban J connectivity index is 1.80. The van der Waals surface area contributed by atoms with Crippen LogP contribution in [-0.4, -0.2) is 25.5 Å². The largest absolute Gasteiger partial charge is 0.497 e. The van der Waals surface area contributed by atoms with Crippen molar-refractivity contribution in [1.82, 2.24) is 9.97 Å². The summed E-state index contributed by atoms with van der Waals surface area (Å²) in [5, 5.41) is 12.2. The van der Waals surface area contributed by atoms with Gasteiger partial charge in [0.25, 0.3) is 10.0 Å². The summed E-state index contributed by atoms with van der Waals surface area (Å²) in [5.41, 5.74) is 4.20. The quantitative estimate of drug-likeness (QED) is 0.430. The van der Waals surface area contributed by atoms with Crippen LogP contribution in [0.2, 0.25) is 0 Å². The van der Waals surface area contributed by atoms with E-state index in [2.05, 4.69) is 20.0 Å². The van der Waals surface area contributed by atoms with Gasteiger partial charge in [0.05, 0.1) is 34.7 Å². The lowest BCUT2D eigenvalue weighted by Crippen LogP contribution is -2.16. The Morgan fingerprint density at radius 2 is 1.58 bits per heavy atom. The first-order valence-electron chi connectivity index (χ1n) is 10.0. The van der Waals surface area contributed by atoms with Crippen LogP contribution in [0.1, 0.15) is 16.7 Å². The van der Waals surface area contributed by atoms with Crippen molar-refractivity contribution >= 4 is 38.4 Å². The molecule has 0 atom stereocenters. The van der Waals surface area contributed by atoms with Crippen molar-refractivity contribution in [3.63, 3.8) is 0 Å². The fourth-order valence-corrected chi connectivity index (χ4v) is 4.26. The van der Waals surface area contributed by atoms with E-state index in [1.165, 1.54) is 24.3 Å². The maximum absolute atomic E-state index is 13.1. The number of methoxy groups -OCH3 is 1. The highest BCUT2D eigenvalue weighted by Crippen LogP contribution is 2.32. The van der Waals surface area contributed by atoms with Gasteiger partial charge in [-0.3, -0.25) is 4.72 Å². The molecule has 33 heavy (non-hydrogen) atoms. The molecule has 3 aromatic carbocycles. The molecule has 0 bridgehead atoms. The minimum Gasteiger partial charge on any atom is -0.497 e. The van der Waals surface area contributed by atoms with Gasteiger partial charge in [0.1, 0.15) is 5.75 Å². The molecule has 0 unspecified atom stereocenters. The molecule has 166 valence electrons. The highest BCUT2D eigenvalue weighted by molar-refractivity contribution is 7.92. The van der Waals surface area contributed by atoms with Crippen molar-refractivity contribution < 1.29 is 13.2 Å². The third kappa shape index (κ3) is 4.56. The number of para-hydroxylation sites is 2. The van der Waals surface area contributed by atoms with E-state index in [0.29, 0.717) is 22.3 Å². The van der Waals surface area contributed by atoms with Gasteiger partial charge in [-0.25, -0.2) is 18.4 Å².